The first kappa shape index (κ1) is 22.9. The number of carbonyl (C=O) groups is 2. The fourth-order valence-electron chi connectivity index (χ4n) is 5.60. The van der Waals surface area contributed by atoms with Crippen LogP contribution in [0.3, 0.4) is 0 Å². The molecule has 1 N–H and O–H groups in total. The number of carbonyl (C=O) groups excluding carboxylic acids is 2. The minimum Gasteiger partial charge on any atom is -0.359 e. The fraction of sp³-hybridized carbons (Fsp3) is 0.200. The molecule has 0 spiro atoms. The highest BCUT2D eigenvalue weighted by Crippen LogP contribution is 2.38. The zero-order chi connectivity index (χ0) is 24.8. The topological polar surface area (TPSA) is 53.2 Å². The van der Waals surface area contributed by atoms with E-state index >= 15 is 0 Å². The molecule has 6 rings (SSSR count). The number of aromatic amines is 1. The molecule has 0 unspecified atom stereocenters. The van der Waals surface area contributed by atoms with Crippen molar-refractivity contribution in [3.8, 4) is 0 Å². The molecule has 4 nitrogen and oxygen atoms in total. The summed E-state index contributed by atoms with van der Waals surface area (Å²) < 4.78 is 15.2. The Hall–Kier alpha value is -3.51. The summed E-state index contributed by atoms with van der Waals surface area (Å²) >= 11 is 3.37. The molecule has 1 aliphatic carbocycles. The van der Waals surface area contributed by atoms with Crippen LogP contribution in [0.5, 0.6) is 0 Å². The number of halogens is 2. The maximum absolute atomic E-state index is 14.5. The number of nitrogens with one attached hydrogen (secondary N) is 1. The molecule has 3 aromatic carbocycles. The van der Waals surface area contributed by atoms with E-state index in [-0.39, 0.29) is 10.9 Å². The van der Waals surface area contributed by atoms with Gasteiger partial charge in [0.2, 0.25) is 0 Å². The van der Waals surface area contributed by atoms with E-state index in [1.165, 1.54) is 45.7 Å². The number of benzene rings is 3. The van der Waals surface area contributed by atoms with E-state index in [4.69, 9.17) is 0 Å². The molecule has 1 saturated heterocycles. The number of hydrogen-bond acceptors (Lipinski definition) is 2. The van der Waals surface area contributed by atoms with E-state index in [2.05, 4.69) is 69.4 Å². The normalized spacial score (nSPS) is 15.4. The fourth-order valence-corrected chi connectivity index (χ4v) is 6.04. The molecular weight excluding hydrogens is 519 g/mol. The highest BCUT2D eigenvalue weighted by atomic mass is 79.9. The molecule has 4 aromatic rings. The molecule has 2 aliphatic rings. The Labute approximate surface area is 217 Å². The Morgan fingerprint density at radius 3 is 2.08 bits per heavy atom. The van der Waals surface area contributed by atoms with Crippen LogP contribution < -0.4 is 0 Å². The summed E-state index contributed by atoms with van der Waals surface area (Å²) in [5.74, 6) is -1.79. The molecule has 1 amide bonds. The van der Waals surface area contributed by atoms with E-state index in [0.717, 1.165) is 12.8 Å². The first-order valence-electron chi connectivity index (χ1n) is 12.2. The van der Waals surface area contributed by atoms with Gasteiger partial charge >= 0.3 is 0 Å². The number of H-pyrrole nitrogens is 1. The summed E-state index contributed by atoms with van der Waals surface area (Å²) in [6, 6.07) is 20.0. The van der Waals surface area contributed by atoms with E-state index < -0.39 is 17.5 Å². The van der Waals surface area contributed by atoms with Crippen LogP contribution in [-0.4, -0.2) is 34.7 Å². The number of rotatable bonds is 2. The van der Waals surface area contributed by atoms with Crippen molar-refractivity contribution >= 4 is 44.1 Å². The van der Waals surface area contributed by atoms with Crippen LogP contribution in [0.1, 0.15) is 45.5 Å². The lowest BCUT2D eigenvalue weighted by molar-refractivity contribution is -0.126. The Morgan fingerprint density at radius 1 is 0.833 bits per heavy atom. The van der Waals surface area contributed by atoms with Crippen LogP contribution in [0.25, 0.3) is 16.5 Å². The van der Waals surface area contributed by atoms with E-state index in [1.807, 2.05) is 0 Å². The second-order valence-corrected chi connectivity index (χ2v) is 10.3. The molecule has 1 fully saturated rings. The quantitative estimate of drug-likeness (QED) is 0.233. The summed E-state index contributed by atoms with van der Waals surface area (Å²) in [6.45, 7) is 0.921. The van der Waals surface area contributed by atoms with Gasteiger partial charge in [0.25, 0.3) is 11.7 Å². The van der Waals surface area contributed by atoms with Crippen molar-refractivity contribution in [3.63, 3.8) is 0 Å². The number of Topliss-reactive ketones (excluding diaryl/α,β-unsaturated/α-hetero) is 1. The van der Waals surface area contributed by atoms with Crippen LogP contribution in [0.2, 0.25) is 0 Å². The van der Waals surface area contributed by atoms with Crippen molar-refractivity contribution in [2.75, 3.05) is 13.1 Å². The van der Waals surface area contributed by atoms with E-state index in [9.17, 15) is 14.0 Å². The van der Waals surface area contributed by atoms with Crippen LogP contribution in [0, 0.1) is 5.82 Å². The third-order valence-corrected chi connectivity index (χ3v) is 8.08. The number of fused-ring (bicyclic) bond motifs is 3. The first-order chi connectivity index (χ1) is 17.5. The van der Waals surface area contributed by atoms with Crippen LogP contribution in [0.4, 0.5) is 4.39 Å². The minimum atomic E-state index is -0.681. The standard InChI is InChI=1S/C30H24BrFN2O2/c31-24-11-12-25(32)27-23(17-33-28(24)27)29(35)30(36)34-15-13-20(14-16-34)26-21-7-3-1-5-18(21)9-10-19-6-2-4-8-22(19)26/h1-8,11-12,17,33H,9-10,13-16H2. The third-order valence-electron chi connectivity index (χ3n) is 7.42. The van der Waals surface area contributed by atoms with Crippen molar-refractivity contribution < 1.29 is 14.0 Å². The zero-order valence-electron chi connectivity index (χ0n) is 19.6. The summed E-state index contributed by atoms with van der Waals surface area (Å²) in [4.78, 5) is 30.8. The van der Waals surface area contributed by atoms with E-state index in [1.54, 1.807) is 11.0 Å². The van der Waals surface area contributed by atoms with Crippen molar-refractivity contribution in [2.24, 2.45) is 0 Å². The largest absolute Gasteiger partial charge is 0.359 e. The van der Waals surface area contributed by atoms with Gasteiger partial charge in [-0.25, -0.2) is 4.39 Å². The van der Waals surface area contributed by atoms with Gasteiger partial charge < -0.3 is 9.88 Å². The van der Waals surface area contributed by atoms with Gasteiger partial charge in [0.1, 0.15) is 5.82 Å². The molecule has 0 atom stereocenters. The van der Waals surface area contributed by atoms with E-state index in [0.29, 0.717) is 35.9 Å². The van der Waals surface area contributed by atoms with Crippen LogP contribution in [0.15, 0.2) is 76.9 Å². The average Bonchev–Trinajstić information content (AvgIpc) is 3.30. The molecule has 180 valence electrons. The van der Waals surface area contributed by atoms with Crippen molar-refractivity contribution in [2.45, 2.75) is 25.7 Å². The maximum Gasteiger partial charge on any atom is 0.295 e. The van der Waals surface area contributed by atoms with Gasteiger partial charge in [0.05, 0.1) is 11.1 Å². The Bertz CT molecular complexity index is 1510. The average molecular weight is 543 g/mol. The summed E-state index contributed by atoms with van der Waals surface area (Å²) in [5.41, 5.74) is 8.37. The molecule has 1 aromatic heterocycles. The van der Waals surface area contributed by atoms with Crippen LogP contribution in [-0.2, 0) is 17.6 Å². The maximum atomic E-state index is 14.5. The van der Waals surface area contributed by atoms with Crippen LogP contribution >= 0.6 is 15.9 Å². The van der Waals surface area contributed by atoms with Gasteiger partial charge in [-0.1, -0.05) is 54.1 Å². The number of ketones is 1. The number of hydrogen-bond donors (Lipinski definition) is 1. The molecule has 6 heteroatoms. The molecule has 0 bridgehead atoms. The lowest BCUT2D eigenvalue weighted by atomic mass is 9.86. The first-order valence-corrected chi connectivity index (χ1v) is 13.0. The second-order valence-electron chi connectivity index (χ2n) is 9.40. The van der Waals surface area contributed by atoms with Crippen molar-refractivity contribution in [1.29, 1.82) is 0 Å². The van der Waals surface area contributed by atoms with Gasteiger partial charge in [-0.15, -0.1) is 0 Å². The summed E-state index contributed by atoms with van der Waals surface area (Å²) in [5, 5.41) is 0.147. The lowest BCUT2D eigenvalue weighted by Crippen LogP contribution is -2.40. The molecular formula is C30H24BrFN2O2. The predicted octanol–water partition coefficient (Wildman–Crippen LogP) is 6.48. The summed E-state index contributed by atoms with van der Waals surface area (Å²) in [6.07, 6.45) is 4.83. The second kappa shape index (κ2) is 9.17. The smallest absolute Gasteiger partial charge is 0.295 e. The van der Waals surface area contributed by atoms with Gasteiger partial charge in [-0.05, 0) is 81.6 Å². The van der Waals surface area contributed by atoms with Crippen molar-refractivity contribution in [3.05, 3.63) is 111 Å². The summed E-state index contributed by atoms with van der Waals surface area (Å²) in [7, 11) is 0. The molecule has 1 aliphatic heterocycles. The monoisotopic (exact) mass is 542 g/mol. The minimum absolute atomic E-state index is 0.0737. The highest BCUT2D eigenvalue weighted by molar-refractivity contribution is 9.10. The number of likely N-dealkylation sites (tertiary alicyclic amines) is 1. The SMILES string of the molecule is O=C(C(=O)N1CCC(=C2c3ccccc3CCc3ccccc32)CC1)c1c[nH]c2c(Br)ccc(F)c12. The number of aromatic nitrogens is 1. The Morgan fingerprint density at radius 2 is 1.44 bits per heavy atom. The van der Waals surface area contributed by atoms with Gasteiger partial charge in [0.15, 0.2) is 0 Å². The number of amides is 1. The Balaban J connectivity index is 1.30. The zero-order valence-corrected chi connectivity index (χ0v) is 21.2. The van der Waals surface area contributed by atoms with Gasteiger partial charge in [-0.3, -0.25) is 9.59 Å². The number of aryl methyl sites for hydroxylation is 2. The number of nitrogens with zero attached hydrogens (tertiary/aromatic N) is 1. The highest BCUT2D eigenvalue weighted by Gasteiger charge is 2.30. The predicted molar refractivity (Wildman–Crippen MR) is 142 cm³/mol. The Kier molecular flexibility index (Phi) is 5.84. The number of piperidine rings is 1. The molecule has 36 heavy (non-hydrogen) atoms. The third kappa shape index (κ3) is 3.80. The van der Waals surface area contributed by atoms with Gasteiger partial charge in [-0.2, -0.15) is 0 Å². The van der Waals surface area contributed by atoms with Gasteiger partial charge in [0, 0.05) is 29.1 Å². The molecule has 0 saturated carbocycles. The van der Waals surface area contributed by atoms with Crippen molar-refractivity contribution in [1.82, 2.24) is 9.88 Å². The molecule has 0 radical (unpaired) electrons. The molecule has 2 heterocycles. The lowest BCUT2D eigenvalue weighted by Gasteiger charge is -2.30.